The molecule has 2 heterocycles. The summed E-state index contributed by atoms with van der Waals surface area (Å²) in [5.74, 6) is -0.661. The average molecular weight is 264 g/mol. The van der Waals surface area contributed by atoms with Crippen LogP contribution >= 0.6 is 11.6 Å². The van der Waals surface area contributed by atoms with Gasteiger partial charge in [0, 0.05) is 12.4 Å². The number of carboxylic acid groups (broad SMARTS) is 1. The largest absolute Gasteiger partial charge is 0.478 e. The second kappa shape index (κ2) is 5.01. The molecule has 0 atom stereocenters. The minimum absolute atomic E-state index is 0.0495. The summed E-state index contributed by atoms with van der Waals surface area (Å²) in [4.78, 5) is 18.9. The minimum atomic E-state index is -1.06. The number of hydrogen-bond donors (Lipinski definition) is 2. The summed E-state index contributed by atoms with van der Waals surface area (Å²) < 4.78 is 0. The zero-order valence-electron chi connectivity index (χ0n) is 9.51. The first-order valence-electron chi connectivity index (χ1n) is 5.15. The fourth-order valence-corrected chi connectivity index (χ4v) is 1.60. The fraction of sp³-hybridized carbons (Fsp3) is 0.0833. The predicted octanol–water partition coefficient (Wildman–Crippen LogP) is 2.88. The Morgan fingerprint density at radius 1 is 1.44 bits per heavy atom. The average Bonchev–Trinajstić information content (AvgIpc) is 2.34. The number of aromatic nitrogens is 2. The lowest BCUT2D eigenvalue weighted by Gasteiger charge is -2.09. The Hall–Kier alpha value is -2.14. The number of rotatable bonds is 3. The standard InChI is InChI=1S/C12H10ClN3O2/c1-7-10(3-2-4-14-7)16-11-9(13)5-8(6-15-11)12(17)18/h2-6H,1H3,(H,15,16)(H,17,18). The molecule has 0 saturated carbocycles. The first-order valence-corrected chi connectivity index (χ1v) is 5.53. The third-order valence-corrected chi connectivity index (χ3v) is 2.64. The van der Waals surface area contributed by atoms with Crippen LogP contribution in [-0.4, -0.2) is 21.0 Å². The molecule has 0 aliphatic heterocycles. The number of carbonyl (C=O) groups is 1. The Labute approximate surface area is 108 Å². The van der Waals surface area contributed by atoms with Crippen molar-refractivity contribution in [1.82, 2.24) is 9.97 Å². The van der Waals surface area contributed by atoms with E-state index in [1.807, 2.05) is 13.0 Å². The van der Waals surface area contributed by atoms with Crippen LogP contribution in [0.25, 0.3) is 0 Å². The molecular formula is C12H10ClN3O2. The third-order valence-electron chi connectivity index (χ3n) is 2.35. The van der Waals surface area contributed by atoms with Crippen molar-refractivity contribution in [3.05, 3.63) is 46.9 Å². The number of anilines is 2. The van der Waals surface area contributed by atoms with Crippen LogP contribution in [0.2, 0.25) is 5.02 Å². The van der Waals surface area contributed by atoms with Crippen LogP contribution in [-0.2, 0) is 0 Å². The number of pyridine rings is 2. The second-order valence-corrected chi connectivity index (χ2v) is 4.03. The first kappa shape index (κ1) is 12.3. The molecule has 0 aromatic carbocycles. The first-order chi connectivity index (χ1) is 8.58. The van der Waals surface area contributed by atoms with E-state index in [-0.39, 0.29) is 10.6 Å². The molecule has 0 saturated heterocycles. The van der Waals surface area contributed by atoms with Crippen molar-refractivity contribution in [1.29, 1.82) is 0 Å². The molecular weight excluding hydrogens is 254 g/mol. The molecule has 92 valence electrons. The maximum absolute atomic E-state index is 10.7. The number of carboxylic acids is 1. The van der Waals surface area contributed by atoms with Gasteiger partial charge in [-0.3, -0.25) is 4.98 Å². The molecule has 0 unspecified atom stereocenters. The van der Waals surface area contributed by atoms with Crippen LogP contribution < -0.4 is 5.32 Å². The van der Waals surface area contributed by atoms with Gasteiger partial charge in [0.1, 0.15) is 5.82 Å². The van der Waals surface area contributed by atoms with Crippen molar-refractivity contribution in [3.63, 3.8) is 0 Å². The predicted molar refractivity (Wildman–Crippen MR) is 68.5 cm³/mol. The van der Waals surface area contributed by atoms with Gasteiger partial charge in [-0.2, -0.15) is 0 Å². The topological polar surface area (TPSA) is 75.1 Å². The van der Waals surface area contributed by atoms with Gasteiger partial charge >= 0.3 is 5.97 Å². The summed E-state index contributed by atoms with van der Waals surface area (Å²) in [7, 11) is 0. The molecule has 2 rings (SSSR count). The smallest absolute Gasteiger partial charge is 0.337 e. The molecule has 0 radical (unpaired) electrons. The second-order valence-electron chi connectivity index (χ2n) is 3.62. The number of nitrogens with zero attached hydrogens (tertiary/aromatic N) is 2. The van der Waals surface area contributed by atoms with Gasteiger partial charge in [-0.1, -0.05) is 11.6 Å². The van der Waals surface area contributed by atoms with Crippen LogP contribution in [0.3, 0.4) is 0 Å². The van der Waals surface area contributed by atoms with Crippen LogP contribution in [0.1, 0.15) is 16.1 Å². The van der Waals surface area contributed by atoms with Crippen LogP contribution in [0, 0.1) is 6.92 Å². The van der Waals surface area contributed by atoms with E-state index in [2.05, 4.69) is 15.3 Å². The Balaban J connectivity index is 2.30. The van der Waals surface area contributed by atoms with E-state index < -0.39 is 5.97 Å². The molecule has 18 heavy (non-hydrogen) atoms. The number of nitrogens with one attached hydrogen (secondary N) is 1. The summed E-state index contributed by atoms with van der Waals surface area (Å²) in [6, 6.07) is 4.98. The summed E-state index contributed by atoms with van der Waals surface area (Å²) >= 11 is 5.97. The monoisotopic (exact) mass is 263 g/mol. The van der Waals surface area contributed by atoms with Gasteiger partial charge in [-0.05, 0) is 25.1 Å². The van der Waals surface area contributed by atoms with Crippen molar-refractivity contribution in [2.75, 3.05) is 5.32 Å². The molecule has 0 aliphatic rings. The minimum Gasteiger partial charge on any atom is -0.478 e. The molecule has 0 spiro atoms. The highest BCUT2D eigenvalue weighted by molar-refractivity contribution is 6.33. The van der Waals surface area contributed by atoms with E-state index in [0.29, 0.717) is 5.82 Å². The van der Waals surface area contributed by atoms with Crippen LogP contribution in [0.15, 0.2) is 30.6 Å². The molecule has 0 bridgehead atoms. The Kier molecular flexibility index (Phi) is 3.43. The number of aromatic carboxylic acids is 1. The van der Waals surface area contributed by atoms with Gasteiger partial charge in [0.15, 0.2) is 0 Å². The van der Waals surface area contributed by atoms with Gasteiger partial charge in [-0.25, -0.2) is 9.78 Å². The lowest BCUT2D eigenvalue weighted by atomic mass is 10.2. The Bertz CT molecular complexity index is 602. The summed E-state index contributed by atoms with van der Waals surface area (Å²) in [5, 5.41) is 12.1. The highest BCUT2D eigenvalue weighted by atomic mass is 35.5. The van der Waals surface area contributed by atoms with Gasteiger partial charge < -0.3 is 10.4 Å². The molecule has 6 heteroatoms. The van der Waals surface area contributed by atoms with E-state index in [1.54, 1.807) is 12.3 Å². The molecule has 2 N–H and O–H groups in total. The Morgan fingerprint density at radius 3 is 2.83 bits per heavy atom. The zero-order chi connectivity index (χ0) is 13.1. The fourth-order valence-electron chi connectivity index (χ4n) is 1.39. The molecule has 0 amide bonds. The van der Waals surface area contributed by atoms with Crippen LogP contribution in [0.4, 0.5) is 11.5 Å². The lowest BCUT2D eigenvalue weighted by Crippen LogP contribution is -2.01. The molecule has 2 aromatic heterocycles. The number of hydrogen-bond acceptors (Lipinski definition) is 4. The van der Waals surface area contributed by atoms with E-state index in [9.17, 15) is 4.79 Å². The van der Waals surface area contributed by atoms with Gasteiger partial charge in [0.2, 0.25) is 0 Å². The number of halogens is 1. The lowest BCUT2D eigenvalue weighted by molar-refractivity contribution is 0.0696. The SMILES string of the molecule is Cc1ncccc1Nc1ncc(C(=O)O)cc1Cl. The molecule has 5 nitrogen and oxygen atoms in total. The third kappa shape index (κ3) is 2.57. The maximum atomic E-state index is 10.7. The van der Waals surface area contributed by atoms with E-state index in [4.69, 9.17) is 16.7 Å². The van der Waals surface area contributed by atoms with Crippen molar-refractivity contribution in [3.8, 4) is 0 Å². The van der Waals surface area contributed by atoms with E-state index in [0.717, 1.165) is 11.4 Å². The normalized spacial score (nSPS) is 10.1. The molecule has 2 aromatic rings. The zero-order valence-corrected chi connectivity index (χ0v) is 10.3. The van der Waals surface area contributed by atoms with Crippen LogP contribution in [0.5, 0.6) is 0 Å². The highest BCUT2D eigenvalue weighted by Gasteiger charge is 2.09. The number of aryl methyl sites for hydroxylation is 1. The summed E-state index contributed by atoms with van der Waals surface area (Å²) in [6.07, 6.45) is 2.94. The summed E-state index contributed by atoms with van der Waals surface area (Å²) in [6.45, 7) is 1.85. The summed E-state index contributed by atoms with van der Waals surface area (Å²) in [5.41, 5.74) is 1.63. The highest BCUT2D eigenvalue weighted by Crippen LogP contribution is 2.24. The van der Waals surface area contributed by atoms with E-state index >= 15 is 0 Å². The molecule has 0 aliphatic carbocycles. The quantitative estimate of drug-likeness (QED) is 0.891. The van der Waals surface area contributed by atoms with Crippen molar-refractivity contribution in [2.45, 2.75) is 6.92 Å². The van der Waals surface area contributed by atoms with Crippen molar-refractivity contribution >= 4 is 29.1 Å². The maximum Gasteiger partial charge on any atom is 0.337 e. The van der Waals surface area contributed by atoms with E-state index in [1.165, 1.54) is 12.3 Å². The molecule has 0 fully saturated rings. The van der Waals surface area contributed by atoms with Crippen molar-refractivity contribution < 1.29 is 9.90 Å². The Morgan fingerprint density at radius 2 is 2.22 bits per heavy atom. The van der Waals surface area contributed by atoms with Gasteiger partial charge in [0.25, 0.3) is 0 Å². The van der Waals surface area contributed by atoms with Gasteiger partial charge in [0.05, 0.1) is 22.0 Å². The van der Waals surface area contributed by atoms with Gasteiger partial charge in [-0.15, -0.1) is 0 Å². The van der Waals surface area contributed by atoms with Crippen molar-refractivity contribution in [2.24, 2.45) is 0 Å².